The molecule has 1 aromatic carbocycles. The van der Waals surface area contributed by atoms with Crippen molar-refractivity contribution in [3.63, 3.8) is 0 Å². The number of para-hydroxylation sites is 1. The maximum Gasteiger partial charge on any atom is 0.103 e. The van der Waals surface area contributed by atoms with Crippen LogP contribution in [0.3, 0.4) is 0 Å². The Labute approximate surface area is 102 Å². The predicted octanol–water partition coefficient (Wildman–Crippen LogP) is 2.95. The van der Waals surface area contributed by atoms with Crippen molar-refractivity contribution in [3.05, 3.63) is 48.3 Å². The van der Waals surface area contributed by atoms with Gasteiger partial charge in [-0.05, 0) is 23.6 Å². The van der Waals surface area contributed by atoms with Crippen molar-refractivity contribution in [2.75, 3.05) is 0 Å². The zero-order valence-electron chi connectivity index (χ0n) is 10.5. The van der Waals surface area contributed by atoms with Crippen LogP contribution in [0.1, 0.15) is 32.6 Å². The van der Waals surface area contributed by atoms with Crippen LogP contribution in [-0.2, 0) is 0 Å². The van der Waals surface area contributed by atoms with E-state index in [9.17, 15) is 5.11 Å². The lowest BCUT2D eigenvalue weighted by molar-refractivity contribution is 0.0586. The van der Waals surface area contributed by atoms with Crippen molar-refractivity contribution in [1.82, 2.24) is 9.78 Å². The molecule has 90 valence electrons. The monoisotopic (exact) mass is 230 g/mol. The highest BCUT2D eigenvalue weighted by Crippen LogP contribution is 2.31. The van der Waals surface area contributed by atoms with Gasteiger partial charge < -0.3 is 5.11 Å². The van der Waals surface area contributed by atoms with E-state index in [-0.39, 0.29) is 5.41 Å². The number of rotatable bonds is 2. The molecule has 3 heteroatoms. The Kier molecular flexibility index (Phi) is 3.03. The van der Waals surface area contributed by atoms with E-state index in [1.165, 1.54) is 0 Å². The first-order valence-corrected chi connectivity index (χ1v) is 5.77. The summed E-state index contributed by atoms with van der Waals surface area (Å²) in [6, 6.07) is 11.7. The van der Waals surface area contributed by atoms with Crippen molar-refractivity contribution in [2.45, 2.75) is 26.9 Å². The summed E-state index contributed by atoms with van der Waals surface area (Å²) in [5, 5.41) is 14.6. The highest BCUT2D eigenvalue weighted by molar-refractivity contribution is 5.30. The van der Waals surface area contributed by atoms with Gasteiger partial charge >= 0.3 is 0 Å². The molecule has 0 radical (unpaired) electrons. The van der Waals surface area contributed by atoms with Crippen LogP contribution in [0.4, 0.5) is 0 Å². The summed E-state index contributed by atoms with van der Waals surface area (Å²) in [6.07, 6.45) is 1.33. The molecule has 0 bridgehead atoms. The largest absolute Gasteiger partial charge is 0.386 e. The van der Waals surface area contributed by atoms with Crippen LogP contribution in [-0.4, -0.2) is 14.9 Å². The first-order chi connectivity index (χ1) is 7.98. The Morgan fingerprint density at radius 3 is 2.35 bits per heavy atom. The molecule has 0 saturated carbocycles. The molecule has 1 atom stereocenters. The predicted molar refractivity (Wildman–Crippen MR) is 68.0 cm³/mol. The van der Waals surface area contributed by atoms with Gasteiger partial charge in [-0.25, -0.2) is 4.68 Å². The molecule has 0 saturated heterocycles. The number of aromatic nitrogens is 2. The van der Waals surface area contributed by atoms with E-state index in [4.69, 9.17) is 0 Å². The summed E-state index contributed by atoms with van der Waals surface area (Å²) < 4.78 is 1.78. The molecule has 1 N–H and O–H groups in total. The van der Waals surface area contributed by atoms with Crippen molar-refractivity contribution < 1.29 is 5.11 Å². The Balaban J connectivity index is 2.28. The minimum Gasteiger partial charge on any atom is -0.386 e. The lowest BCUT2D eigenvalue weighted by atomic mass is 9.87. The van der Waals surface area contributed by atoms with E-state index in [2.05, 4.69) is 5.10 Å². The maximum absolute atomic E-state index is 10.1. The highest BCUT2D eigenvalue weighted by Gasteiger charge is 2.25. The van der Waals surface area contributed by atoms with Crippen LogP contribution in [0.15, 0.2) is 42.6 Å². The average Bonchev–Trinajstić information content (AvgIpc) is 2.77. The molecular formula is C14H18N2O. The van der Waals surface area contributed by atoms with Gasteiger partial charge in [0.1, 0.15) is 6.10 Å². The minimum atomic E-state index is -0.549. The first-order valence-electron chi connectivity index (χ1n) is 5.77. The molecule has 0 aliphatic rings. The van der Waals surface area contributed by atoms with E-state index in [0.29, 0.717) is 5.69 Å². The minimum absolute atomic E-state index is 0.199. The Morgan fingerprint density at radius 2 is 1.76 bits per heavy atom. The molecule has 0 amide bonds. The standard InChI is InChI=1S/C14H18N2O/c1-14(2,3)13(17)12-9-10-16(15-12)11-7-5-4-6-8-11/h4-10,13,17H,1-3H3. The molecule has 2 aromatic rings. The van der Waals surface area contributed by atoms with Gasteiger partial charge in [-0.3, -0.25) is 0 Å². The van der Waals surface area contributed by atoms with Crippen molar-refractivity contribution in [1.29, 1.82) is 0 Å². The number of aliphatic hydroxyl groups excluding tert-OH is 1. The smallest absolute Gasteiger partial charge is 0.103 e. The van der Waals surface area contributed by atoms with Gasteiger partial charge in [-0.2, -0.15) is 5.10 Å². The lowest BCUT2D eigenvalue weighted by Crippen LogP contribution is -2.18. The Morgan fingerprint density at radius 1 is 1.12 bits per heavy atom. The second kappa shape index (κ2) is 4.34. The normalized spacial score (nSPS) is 13.6. The second-order valence-electron chi connectivity index (χ2n) is 5.29. The summed E-state index contributed by atoms with van der Waals surface area (Å²) in [7, 11) is 0. The fourth-order valence-electron chi connectivity index (χ4n) is 1.65. The SMILES string of the molecule is CC(C)(C)C(O)c1ccn(-c2ccccc2)n1. The number of aliphatic hydroxyl groups is 1. The molecule has 0 aliphatic carbocycles. The molecule has 1 aromatic heterocycles. The van der Waals surface area contributed by atoms with Gasteiger partial charge in [0.2, 0.25) is 0 Å². The van der Waals surface area contributed by atoms with E-state index in [0.717, 1.165) is 5.69 Å². The molecule has 1 unspecified atom stereocenters. The summed E-state index contributed by atoms with van der Waals surface area (Å²) in [5.74, 6) is 0. The van der Waals surface area contributed by atoms with E-state index in [1.54, 1.807) is 4.68 Å². The second-order valence-corrected chi connectivity index (χ2v) is 5.29. The zero-order chi connectivity index (χ0) is 12.5. The van der Waals surface area contributed by atoms with E-state index < -0.39 is 6.10 Å². The van der Waals surface area contributed by atoms with Crippen LogP contribution >= 0.6 is 0 Å². The quantitative estimate of drug-likeness (QED) is 0.861. The molecule has 0 aliphatic heterocycles. The first kappa shape index (κ1) is 11.9. The number of hydrogen-bond acceptors (Lipinski definition) is 2. The molecular weight excluding hydrogens is 212 g/mol. The van der Waals surface area contributed by atoms with Crippen LogP contribution in [0.5, 0.6) is 0 Å². The molecule has 0 spiro atoms. The fourth-order valence-corrected chi connectivity index (χ4v) is 1.65. The van der Waals surface area contributed by atoms with Gasteiger partial charge in [-0.15, -0.1) is 0 Å². The molecule has 3 nitrogen and oxygen atoms in total. The third-order valence-corrected chi connectivity index (χ3v) is 2.73. The number of benzene rings is 1. The summed E-state index contributed by atoms with van der Waals surface area (Å²) in [5.41, 5.74) is 1.51. The summed E-state index contributed by atoms with van der Waals surface area (Å²) in [4.78, 5) is 0. The van der Waals surface area contributed by atoms with Crippen LogP contribution in [0, 0.1) is 5.41 Å². The van der Waals surface area contributed by atoms with Crippen LogP contribution in [0.2, 0.25) is 0 Å². The fraction of sp³-hybridized carbons (Fsp3) is 0.357. The van der Waals surface area contributed by atoms with Crippen LogP contribution in [0.25, 0.3) is 5.69 Å². The van der Waals surface area contributed by atoms with E-state index >= 15 is 0 Å². The molecule has 2 rings (SSSR count). The third kappa shape index (κ3) is 2.56. The number of nitrogens with zero attached hydrogens (tertiary/aromatic N) is 2. The van der Waals surface area contributed by atoms with Crippen molar-refractivity contribution in [2.24, 2.45) is 5.41 Å². The summed E-state index contributed by atoms with van der Waals surface area (Å²) in [6.45, 7) is 6.00. The van der Waals surface area contributed by atoms with Gasteiger partial charge in [0, 0.05) is 6.20 Å². The Hall–Kier alpha value is -1.61. The van der Waals surface area contributed by atoms with Crippen LogP contribution < -0.4 is 0 Å². The molecule has 1 heterocycles. The molecule has 0 fully saturated rings. The van der Waals surface area contributed by atoms with Gasteiger partial charge in [0.05, 0.1) is 11.4 Å². The van der Waals surface area contributed by atoms with Gasteiger partial charge in [-0.1, -0.05) is 39.0 Å². The topological polar surface area (TPSA) is 38.0 Å². The maximum atomic E-state index is 10.1. The van der Waals surface area contributed by atoms with Gasteiger partial charge in [0.25, 0.3) is 0 Å². The summed E-state index contributed by atoms with van der Waals surface area (Å²) >= 11 is 0. The zero-order valence-corrected chi connectivity index (χ0v) is 10.5. The molecule has 17 heavy (non-hydrogen) atoms. The lowest BCUT2D eigenvalue weighted by Gasteiger charge is -2.23. The average molecular weight is 230 g/mol. The highest BCUT2D eigenvalue weighted by atomic mass is 16.3. The van der Waals surface area contributed by atoms with Crippen molar-refractivity contribution >= 4 is 0 Å². The number of hydrogen-bond donors (Lipinski definition) is 1. The van der Waals surface area contributed by atoms with Gasteiger partial charge in [0.15, 0.2) is 0 Å². The Bertz CT molecular complexity index is 482. The van der Waals surface area contributed by atoms with Crippen molar-refractivity contribution in [3.8, 4) is 5.69 Å². The van der Waals surface area contributed by atoms with E-state index in [1.807, 2.05) is 63.4 Å². The third-order valence-electron chi connectivity index (χ3n) is 2.73.